The second kappa shape index (κ2) is 6.31. The van der Waals surface area contributed by atoms with Gasteiger partial charge in [-0.2, -0.15) is 0 Å². The van der Waals surface area contributed by atoms with E-state index in [0.29, 0.717) is 5.69 Å². The first kappa shape index (κ1) is 16.0. The van der Waals surface area contributed by atoms with Gasteiger partial charge in [0.2, 0.25) is 0 Å². The van der Waals surface area contributed by atoms with Crippen molar-refractivity contribution in [2.24, 2.45) is 5.92 Å². The monoisotopic (exact) mass is 327 g/mol. The van der Waals surface area contributed by atoms with Crippen LogP contribution in [0, 0.1) is 11.7 Å². The molecule has 0 bridgehead atoms. The average Bonchev–Trinajstić information content (AvgIpc) is 3.02. The Balaban J connectivity index is 2.01. The van der Waals surface area contributed by atoms with Crippen LogP contribution in [0.2, 0.25) is 0 Å². The van der Waals surface area contributed by atoms with E-state index in [1.807, 2.05) is 44.3 Å². The number of aromatic nitrogens is 2. The zero-order chi connectivity index (χ0) is 17.3. The lowest BCUT2D eigenvalue weighted by Crippen LogP contribution is -2.15. The van der Waals surface area contributed by atoms with Gasteiger partial charge in [0, 0.05) is 17.3 Å². The third kappa shape index (κ3) is 3.08. The van der Waals surface area contributed by atoms with Crippen molar-refractivity contribution in [2.75, 3.05) is 12.3 Å². The van der Waals surface area contributed by atoms with Crippen LogP contribution in [0.5, 0.6) is 0 Å². The molecule has 3 rings (SSSR count). The van der Waals surface area contributed by atoms with Crippen molar-refractivity contribution in [2.45, 2.75) is 13.8 Å². The summed E-state index contributed by atoms with van der Waals surface area (Å²) in [6.07, 6.45) is 1.83. The largest absolute Gasteiger partial charge is 0.461 e. The molecule has 124 valence electrons. The molecule has 2 heterocycles. The first-order valence-corrected chi connectivity index (χ1v) is 7.66. The Morgan fingerprint density at radius 2 is 2.12 bits per heavy atom. The molecule has 2 aromatic heterocycles. The van der Waals surface area contributed by atoms with E-state index in [1.54, 1.807) is 0 Å². The maximum atomic E-state index is 14.2. The van der Waals surface area contributed by atoms with Gasteiger partial charge < -0.3 is 15.5 Å². The van der Waals surface area contributed by atoms with Gasteiger partial charge in [-0.15, -0.1) is 0 Å². The van der Waals surface area contributed by atoms with Gasteiger partial charge in [-0.25, -0.2) is 14.2 Å². The molecule has 3 N–H and O–H groups in total. The number of nitrogens with one attached hydrogen (secondary N) is 1. The molecule has 5 nitrogen and oxygen atoms in total. The summed E-state index contributed by atoms with van der Waals surface area (Å²) < 4.78 is 19.3. The smallest absolute Gasteiger partial charge is 0.360 e. The Morgan fingerprint density at radius 1 is 1.33 bits per heavy atom. The first-order valence-electron chi connectivity index (χ1n) is 7.66. The predicted octanol–water partition coefficient (Wildman–Crippen LogP) is 3.76. The number of H-pyrrole nitrogens is 1. The molecule has 0 saturated heterocycles. The molecule has 0 spiro atoms. The number of nitrogens with two attached hydrogens (primary N) is 1. The van der Waals surface area contributed by atoms with E-state index in [0.717, 1.165) is 16.5 Å². The van der Waals surface area contributed by atoms with Crippen molar-refractivity contribution in [1.82, 2.24) is 9.97 Å². The molecule has 0 unspecified atom stereocenters. The molecule has 0 radical (unpaired) electrons. The fraction of sp³-hybridized carbons (Fsp3) is 0.222. The number of rotatable bonds is 4. The molecule has 0 aliphatic rings. The van der Waals surface area contributed by atoms with Crippen LogP contribution in [-0.2, 0) is 4.74 Å². The normalized spacial score (nSPS) is 11.2. The summed E-state index contributed by atoms with van der Waals surface area (Å²) in [4.78, 5) is 19.3. The number of pyridine rings is 1. The van der Waals surface area contributed by atoms with Crippen molar-refractivity contribution >= 4 is 22.6 Å². The standard InChI is InChI=1S/C18H18FN3O2/c1-10(2)9-24-18(23)17-16(19)13(20)8-15(22-17)12-4-3-11-5-6-21-14(11)7-12/h3-8,10,21H,9H2,1-2H3,(H2,20,22). The summed E-state index contributed by atoms with van der Waals surface area (Å²) in [5.74, 6) is -1.52. The minimum absolute atomic E-state index is 0.136. The summed E-state index contributed by atoms with van der Waals surface area (Å²) in [5, 5.41) is 1.05. The summed E-state index contributed by atoms with van der Waals surface area (Å²) in [7, 11) is 0. The summed E-state index contributed by atoms with van der Waals surface area (Å²) in [6.45, 7) is 3.99. The third-order valence-electron chi connectivity index (χ3n) is 3.58. The maximum Gasteiger partial charge on any atom is 0.360 e. The number of nitrogens with zero attached hydrogens (tertiary/aromatic N) is 1. The number of anilines is 1. The number of benzene rings is 1. The number of aromatic amines is 1. The zero-order valence-corrected chi connectivity index (χ0v) is 13.5. The van der Waals surface area contributed by atoms with E-state index in [9.17, 15) is 9.18 Å². The van der Waals surface area contributed by atoms with Gasteiger partial charge in [-0.05, 0) is 29.5 Å². The van der Waals surface area contributed by atoms with Crippen molar-refractivity contribution in [3.63, 3.8) is 0 Å². The van der Waals surface area contributed by atoms with Gasteiger partial charge >= 0.3 is 5.97 Å². The Bertz CT molecular complexity index is 902. The first-order chi connectivity index (χ1) is 11.5. The van der Waals surface area contributed by atoms with E-state index in [4.69, 9.17) is 10.5 Å². The fourth-order valence-corrected chi connectivity index (χ4v) is 2.35. The molecule has 0 atom stereocenters. The van der Waals surface area contributed by atoms with Crippen molar-refractivity contribution < 1.29 is 13.9 Å². The summed E-state index contributed by atoms with van der Waals surface area (Å²) >= 11 is 0. The van der Waals surface area contributed by atoms with Gasteiger partial charge in [0.1, 0.15) is 0 Å². The molecule has 24 heavy (non-hydrogen) atoms. The number of hydrogen-bond donors (Lipinski definition) is 2. The highest BCUT2D eigenvalue weighted by Gasteiger charge is 2.20. The Hall–Kier alpha value is -2.89. The van der Waals surface area contributed by atoms with E-state index in [1.165, 1.54) is 6.07 Å². The maximum absolute atomic E-state index is 14.2. The molecule has 0 amide bonds. The Labute approximate surface area is 138 Å². The fourth-order valence-electron chi connectivity index (χ4n) is 2.35. The van der Waals surface area contributed by atoms with E-state index >= 15 is 0 Å². The molecular formula is C18H18FN3O2. The van der Waals surface area contributed by atoms with Crippen LogP contribution < -0.4 is 5.73 Å². The Kier molecular flexibility index (Phi) is 4.20. The van der Waals surface area contributed by atoms with Crippen LogP contribution in [0.4, 0.5) is 10.1 Å². The van der Waals surface area contributed by atoms with Crippen molar-refractivity contribution in [3.05, 3.63) is 48.0 Å². The second-order valence-electron chi connectivity index (χ2n) is 6.03. The highest BCUT2D eigenvalue weighted by Crippen LogP contribution is 2.26. The molecule has 0 fully saturated rings. The lowest BCUT2D eigenvalue weighted by atomic mass is 10.1. The lowest BCUT2D eigenvalue weighted by Gasteiger charge is -2.10. The van der Waals surface area contributed by atoms with E-state index in [2.05, 4.69) is 9.97 Å². The molecule has 3 aromatic rings. The molecule has 0 saturated carbocycles. The number of carbonyl (C=O) groups is 1. The number of carbonyl (C=O) groups excluding carboxylic acids is 1. The zero-order valence-electron chi connectivity index (χ0n) is 13.5. The Morgan fingerprint density at radius 3 is 2.88 bits per heavy atom. The molecule has 0 aliphatic carbocycles. The van der Waals surface area contributed by atoms with Crippen LogP contribution in [0.15, 0.2) is 36.5 Å². The predicted molar refractivity (Wildman–Crippen MR) is 91.0 cm³/mol. The number of fused-ring (bicyclic) bond motifs is 1. The highest BCUT2D eigenvalue weighted by molar-refractivity contribution is 5.90. The molecule has 1 aromatic carbocycles. The number of esters is 1. The molecule has 6 heteroatoms. The van der Waals surface area contributed by atoms with Gasteiger partial charge in [0.25, 0.3) is 0 Å². The van der Waals surface area contributed by atoms with Crippen LogP contribution >= 0.6 is 0 Å². The van der Waals surface area contributed by atoms with Crippen LogP contribution in [0.3, 0.4) is 0 Å². The third-order valence-corrected chi connectivity index (χ3v) is 3.58. The van der Waals surface area contributed by atoms with Crippen molar-refractivity contribution in [3.8, 4) is 11.3 Å². The summed E-state index contributed by atoms with van der Waals surface area (Å²) in [6, 6.07) is 9.00. The van der Waals surface area contributed by atoms with Crippen molar-refractivity contribution in [1.29, 1.82) is 0 Å². The van der Waals surface area contributed by atoms with Gasteiger partial charge in [-0.3, -0.25) is 0 Å². The molecular weight excluding hydrogens is 309 g/mol. The molecule has 0 aliphatic heterocycles. The quantitative estimate of drug-likeness (QED) is 0.715. The SMILES string of the molecule is CC(C)COC(=O)c1nc(-c2ccc3cc[nH]c3c2)cc(N)c1F. The van der Waals surface area contributed by atoms with Gasteiger partial charge in [0.15, 0.2) is 11.5 Å². The minimum Gasteiger partial charge on any atom is -0.461 e. The number of nitrogen functional groups attached to an aromatic ring is 1. The average molecular weight is 327 g/mol. The minimum atomic E-state index is -0.853. The number of halogens is 1. The van der Waals surface area contributed by atoms with Gasteiger partial charge in [-0.1, -0.05) is 26.0 Å². The summed E-state index contributed by atoms with van der Waals surface area (Å²) in [5.41, 5.74) is 7.25. The van der Waals surface area contributed by atoms with Gasteiger partial charge in [0.05, 0.1) is 18.0 Å². The number of ether oxygens (including phenoxy) is 1. The van der Waals surface area contributed by atoms with Crippen LogP contribution in [0.1, 0.15) is 24.3 Å². The van der Waals surface area contributed by atoms with Crippen LogP contribution in [-0.4, -0.2) is 22.5 Å². The van der Waals surface area contributed by atoms with E-state index < -0.39 is 17.5 Å². The topological polar surface area (TPSA) is 81.0 Å². The lowest BCUT2D eigenvalue weighted by molar-refractivity contribution is 0.0446. The van der Waals surface area contributed by atoms with Crippen LogP contribution in [0.25, 0.3) is 22.2 Å². The van der Waals surface area contributed by atoms with E-state index in [-0.39, 0.29) is 18.2 Å². The number of hydrogen-bond acceptors (Lipinski definition) is 4. The second-order valence-corrected chi connectivity index (χ2v) is 6.03. The highest BCUT2D eigenvalue weighted by atomic mass is 19.1.